The van der Waals surface area contributed by atoms with E-state index < -0.39 is 0 Å². The average molecular weight is 230 g/mol. The van der Waals surface area contributed by atoms with Gasteiger partial charge in [-0.25, -0.2) is 4.98 Å². The fraction of sp³-hybridized carbons (Fsp3) is 0.231. The number of hydrogen-bond acceptors (Lipinski definition) is 3. The largest absolute Gasteiger partial charge is 0.441 e. The molecule has 0 unspecified atom stereocenters. The highest BCUT2D eigenvalue weighted by atomic mass is 16.4. The van der Waals surface area contributed by atoms with Gasteiger partial charge in [-0.05, 0) is 0 Å². The van der Waals surface area contributed by atoms with Crippen LogP contribution in [0.2, 0.25) is 0 Å². The van der Waals surface area contributed by atoms with Crippen LogP contribution in [0.25, 0.3) is 11.3 Å². The van der Waals surface area contributed by atoms with Gasteiger partial charge in [-0.1, -0.05) is 30.3 Å². The van der Waals surface area contributed by atoms with Crippen LogP contribution in [-0.4, -0.2) is 17.9 Å². The smallest absolute Gasteiger partial charge is 0.220 e. The van der Waals surface area contributed by atoms with Crippen LogP contribution in [0.15, 0.2) is 40.9 Å². The Morgan fingerprint density at radius 1 is 1.35 bits per heavy atom. The van der Waals surface area contributed by atoms with E-state index in [0.29, 0.717) is 18.7 Å². The monoisotopic (exact) mass is 230 g/mol. The molecule has 1 aromatic heterocycles. The third-order valence-corrected chi connectivity index (χ3v) is 2.46. The molecule has 1 heterocycles. The number of aryl methyl sites for hydroxylation is 1. The zero-order valence-corrected chi connectivity index (χ0v) is 9.64. The molecule has 0 saturated heterocycles. The van der Waals surface area contributed by atoms with Crippen LogP contribution >= 0.6 is 0 Å². The van der Waals surface area contributed by atoms with Crippen LogP contribution in [0.3, 0.4) is 0 Å². The molecule has 0 spiro atoms. The van der Waals surface area contributed by atoms with Crippen molar-refractivity contribution in [2.75, 3.05) is 7.05 Å². The van der Waals surface area contributed by atoms with Crippen molar-refractivity contribution in [3.05, 3.63) is 42.4 Å². The van der Waals surface area contributed by atoms with Crippen LogP contribution in [-0.2, 0) is 11.2 Å². The highest BCUT2D eigenvalue weighted by Crippen LogP contribution is 2.20. The van der Waals surface area contributed by atoms with Gasteiger partial charge in [0.05, 0.1) is 6.20 Å². The number of rotatable bonds is 4. The van der Waals surface area contributed by atoms with Crippen LogP contribution < -0.4 is 5.32 Å². The van der Waals surface area contributed by atoms with Crippen LogP contribution in [0.1, 0.15) is 12.3 Å². The molecule has 0 aliphatic heterocycles. The van der Waals surface area contributed by atoms with Crippen molar-refractivity contribution in [1.29, 1.82) is 0 Å². The summed E-state index contributed by atoms with van der Waals surface area (Å²) in [6.07, 6.45) is 2.60. The van der Waals surface area contributed by atoms with Gasteiger partial charge in [0.2, 0.25) is 5.91 Å². The lowest BCUT2D eigenvalue weighted by Crippen LogP contribution is -2.17. The average Bonchev–Trinajstić information content (AvgIpc) is 2.86. The normalized spacial score (nSPS) is 10.2. The number of amides is 1. The number of carbonyl (C=O) groups is 1. The highest BCUT2D eigenvalue weighted by Gasteiger charge is 2.07. The Morgan fingerprint density at radius 2 is 2.12 bits per heavy atom. The van der Waals surface area contributed by atoms with E-state index in [2.05, 4.69) is 10.3 Å². The van der Waals surface area contributed by atoms with Gasteiger partial charge in [0.15, 0.2) is 11.7 Å². The molecule has 2 rings (SSSR count). The maximum absolute atomic E-state index is 11.1. The molecule has 0 fully saturated rings. The van der Waals surface area contributed by atoms with Gasteiger partial charge in [0, 0.05) is 25.5 Å². The fourth-order valence-corrected chi connectivity index (χ4v) is 1.51. The predicted octanol–water partition coefficient (Wildman–Crippen LogP) is 2.02. The van der Waals surface area contributed by atoms with Gasteiger partial charge < -0.3 is 9.73 Å². The van der Waals surface area contributed by atoms with E-state index in [1.54, 1.807) is 13.2 Å². The van der Waals surface area contributed by atoms with E-state index in [9.17, 15) is 4.79 Å². The Balaban J connectivity index is 2.04. The first-order valence-electron chi connectivity index (χ1n) is 5.50. The Hall–Kier alpha value is -2.10. The minimum absolute atomic E-state index is 0.00976. The zero-order chi connectivity index (χ0) is 12.1. The summed E-state index contributed by atoms with van der Waals surface area (Å²) in [5.41, 5.74) is 0.992. The Kier molecular flexibility index (Phi) is 3.55. The van der Waals surface area contributed by atoms with Crippen LogP contribution in [0.5, 0.6) is 0 Å². The van der Waals surface area contributed by atoms with E-state index in [4.69, 9.17) is 4.42 Å². The lowest BCUT2D eigenvalue weighted by atomic mass is 10.2. The van der Waals surface area contributed by atoms with Gasteiger partial charge >= 0.3 is 0 Å². The predicted molar refractivity (Wildman–Crippen MR) is 64.3 cm³/mol. The van der Waals surface area contributed by atoms with Crippen LogP contribution in [0, 0.1) is 0 Å². The van der Waals surface area contributed by atoms with Crippen molar-refractivity contribution in [3.63, 3.8) is 0 Å². The summed E-state index contributed by atoms with van der Waals surface area (Å²) in [6, 6.07) is 9.77. The minimum atomic E-state index is -0.00976. The standard InChI is InChI=1S/C13H14N2O2/c1-14-12(16)7-8-13-15-9-11(17-13)10-5-3-2-4-6-10/h2-6,9H,7-8H2,1H3,(H,14,16). The molecule has 1 amide bonds. The molecule has 0 saturated carbocycles. The summed E-state index contributed by atoms with van der Waals surface area (Å²) >= 11 is 0. The van der Waals surface area contributed by atoms with E-state index >= 15 is 0 Å². The molecule has 0 atom stereocenters. The van der Waals surface area contributed by atoms with E-state index in [1.807, 2.05) is 30.3 Å². The molecule has 0 aliphatic carbocycles. The second kappa shape index (κ2) is 5.30. The van der Waals surface area contributed by atoms with Crippen LogP contribution in [0.4, 0.5) is 0 Å². The second-order valence-corrected chi connectivity index (χ2v) is 3.66. The van der Waals surface area contributed by atoms with Gasteiger partial charge in [0.1, 0.15) is 0 Å². The Bertz CT molecular complexity index is 491. The minimum Gasteiger partial charge on any atom is -0.441 e. The van der Waals surface area contributed by atoms with Crippen molar-refractivity contribution < 1.29 is 9.21 Å². The van der Waals surface area contributed by atoms with E-state index in [0.717, 1.165) is 11.3 Å². The quantitative estimate of drug-likeness (QED) is 0.874. The first-order chi connectivity index (χ1) is 8.29. The van der Waals surface area contributed by atoms with Crippen molar-refractivity contribution in [2.45, 2.75) is 12.8 Å². The molecule has 0 radical (unpaired) electrons. The summed E-state index contributed by atoms with van der Waals surface area (Å²) in [5, 5.41) is 2.57. The number of hydrogen-bond donors (Lipinski definition) is 1. The molecule has 88 valence electrons. The van der Waals surface area contributed by atoms with E-state index in [-0.39, 0.29) is 5.91 Å². The van der Waals surface area contributed by atoms with Gasteiger partial charge in [-0.2, -0.15) is 0 Å². The maximum atomic E-state index is 11.1. The van der Waals surface area contributed by atoms with Crippen molar-refractivity contribution >= 4 is 5.91 Å². The summed E-state index contributed by atoms with van der Waals surface area (Å²) in [4.78, 5) is 15.2. The molecular formula is C13H14N2O2. The molecule has 4 heteroatoms. The molecule has 1 aromatic carbocycles. The lowest BCUT2D eigenvalue weighted by Gasteiger charge is -1.96. The van der Waals surface area contributed by atoms with Gasteiger partial charge in [-0.3, -0.25) is 4.79 Å². The lowest BCUT2D eigenvalue weighted by molar-refractivity contribution is -0.120. The van der Waals surface area contributed by atoms with Gasteiger partial charge in [-0.15, -0.1) is 0 Å². The molecule has 0 bridgehead atoms. The molecule has 2 aromatic rings. The summed E-state index contributed by atoms with van der Waals surface area (Å²) in [7, 11) is 1.62. The maximum Gasteiger partial charge on any atom is 0.220 e. The number of aromatic nitrogens is 1. The summed E-state index contributed by atoms with van der Waals surface area (Å²) in [5.74, 6) is 1.31. The number of nitrogens with one attached hydrogen (secondary N) is 1. The third kappa shape index (κ3) is 2.93. The highest BCUT2D eigenvalue weighted by molar-refractivity contribution is 5.75. The number of nitrogens with zero attached hydrogens (tertiary/aromatic N) is 1. The molecule has 0 aliphatic rings. The Morgan fingerprint density at radius 3 is 2.82 bits per heavy atom. The number of carbonyl (C=O) groups excluding carboxylic acids is 1. The van der Waals surface area contributed by atoms with Gasteiger partial charge in [0.25, 0.3) is 0 Å². The topological polar surface area (TPSA) is 55.1 Å². The third-order valence-electron chi connectivity index (χ3n) is 2.46. The second-order valence-electron chi connectivity index (χ2n) is 3.66. The number of benzene rings is 1. The first kappa shape index (κ1) is 11.4. The Labute approximate surface area is 99.7 Å². The first-order valence-corrected chi connectivity index (χ1v) is 5.50. The van der Waals surface area contributed by atoms with E-state index in [1.165, 1.54) is 0 Å². The SMILES string of the molecule is CNC(=O)CCc1ncc(-c2ccccc2)o1. The summed E-state index contributed by atoms with van der Waals surface area (Å²) < 4.78 is 5.57. The summed E-state index contributed by atoms with van der Waals surface area (Å²) in [6.45, 7) is 0. The number of oxazole rings is 1. The fourth-order valence-electron chi connectivity index (χ4n) is 1.51. The van der Waals surface area contributed by atoms with Crippen molar-refractivity contribution in [3.8, 4) is 11.3 Å². The van der Waals surface area contributed by atoms with Crippen molar-refractivity contribution in [2.24, 2.45) is 0 Å². The zero-order valence-electron chi connectivity index (χ0n) is 9.64. The molecular weight excluding hydrogens is 216 g/mol. The van der Waals surface area contributed by atoms with Crippen molar-refractivity contribution in [1.82, 2.24) is 10.3 Å². The molecule has 1 N–H and O–H groups in total. The molecule has 4 nitrogen and oxygen atoms in total. The molecule has 17 heavy (non-hydrogen) atoms.